The van der Waals surface area contributed by atoms with Crippen molar-refractivity contribution in [2.24, 2.45) is 5.73 Å². The number of ether oxygens (including phenoxy) is 1. The fourth-order valence-corrected chi connectivity index (χ4v) is 2.77. The Labute approximate surface area is 147 Å². The van der Waals surface area contributed by atoms with Gasteiger partial charge in [0.25, 0.3) is 0 Å². The number of nitrogens with two attached hydrogens (primary N) is 1. The van der Waals surface area contributed by atoms with Crippen molar-refractivity contribution in [2.75, 3.05) is 23.8 Å². The summed E-state index contributed by atoms with van der Waals surface area (Å²) in [4.78, 5) is 4.19. The Bertz CT molecular complexity index is 837. The van der Waals surface area contributed by atoms with Gasteiger partial charge in [-0.1, -0.05) is 6.58 Å². The second-order valence-corrected chi connectivity index (χ2v) is 5.72. The summed E-state index contributed by atoms with van der Waals surface area (Å²) in [5, 5.41) is 12.9. The molecule has 0 saturated carbocycles. The number of hydrogen-bond acceptors (Lipinski definition) is 6. The van der Waals surface area contributed by atoms with E-state index < -0.39 is 23.1 Å². The number of nitrogens with one attached hydrogen (secondary N) is 3. The molecule has 1 aromatic carbocycles. The Morgan fingerprint density at radius 2 is 2.08 bits per heavy atom. The molecule has 5 N–H and O–H groups in total. The Hall–Kier alpha value is -3.01. The molecule has 1 atom stereocenters. The van der Waals surface area contributed by atoms with Crippen LogP contribution in [0, 0.1) is 22.9 Å². The fourth-order valence-electron chi connectivity index (χ4n) is 2.77. The summed E-state index contributed by atoms with van der Waals surface area (Å²) in [7, 11) is 0. The van der Waals surface area contributed by atoms with Crippen molar-refractivity contribution in [2.45, 2.75) is 12.5 Å². The lowest BCUT2D eigenvalue weighted by molar-refractivity contribution is 0.187. The van der Waals surface area contributed by atoms with Crippen molar-refractivity contribution in [1.82, 2.24) is 9.55 Å². The first kappa shape index (κ1) is 17.8. The summed E-state index contributed by atoms with van der Waals surface area (Å²) in [6.07, 6.45) is 1.60. The number of nitrogens with zero attached hydrogens (tertiary/aromatic N) is 2. The summed E-state index contributed by atoms with van der Waals surface area (Å²) in [5.41, 5.74) is 5.25. The van der Waals surface area contributed by atoms with Gasteiger partial charge in [0.1, 0.15) is 23.0 Å². The lowest BCUT2D eigenvalue weighted by atomic mass is 10.2. The van der Waals surface area contributed by atoms with E-state index in [4.69, 9.17) is 15.9 Å². The van der Waals surface area contributed by atoms with Crippen LogP contribution < -0.4 is 16.4 Å². The molecular formula is C16H17F3N6O. The van der Waals surface area contributed by atoms with Crippen LogP contribution in [-0.4, -0.2) is 29.0 Å². The summed E-state index contributed by atoms with van der Waals surface area (Å²) in [5.74, 6) is -2.72. The molecule has 2 heterocycles. The topological polar surface area (TPSA) is 101 Å². The molecule has 0 spiro atoms. The van der Waals surface area contributed by atoms with E-state index in [-0.39, 0.29) is 23.5 Å². The average Bonchev–Trinajstić information content (AvgIpc) is 3.18. The van der Waals surface area contributed by atoms with E-state index in [1.165, 1.54) is 0 Å². The zero-order valence-corrected chi connectivity index (χ0v) is 13.7. The molecule has 1 aliphatic heterocycles. The highest BCUT2D eigenvalue weighted by Gasteiger charge is 2.27. The number of halogens is 3. The molecule has 2 aromatic rings. The van der Waals surface area contributed by atoms with Gasteiger partial charge in [-0.05, 0) is 6.42 Å². The van der Waals surface area contributed by atoms with E-state index in [1.807, 2.05) is 0 Å². The average molecular weight is 366 g/mol. The molecule has 1 aromatic heterocycles. The smallest absolute Gasteiger partial charge is 0.210 e. The number of benzene rings is 1. The van der Waals surface area contributed by atoms with Gasteiger partial charge in [-0.15, -0.1) is 0 Å². The van der Waals surface area contributed by atoms with E-state index in [9.17, 15) is 13.2 Å². The van der Waals surface area contributed by atoms with Gasteiger partial charge in [-0.25, -0.2) is 18.2 Å². The van der Waals surface area contributed by atoms with Crippen LogP contribution in [0.5, 0.6) is 0 Å². The minimum atomic E-state index is -1.10. The van der Waals surface area contributed by atoms with Gasteiger partial charge < -0.3 is 26.5 Å². The first-order valence-corrected chi connectivity index (χ1v) is 7.74. The molecular weight excluding hydrogens is 349 g/mol. The summed E-state index contributed by atoms with van der Waals surface area (Å²) in [6.45, 7) is 4.42. The molecule has 0 aliphatic carbocycles. The molecule has 10 heteroatoms. The van der Waals surface area contributed by atoms with E-state index in [0.29, 0.717) is 37.6 Å². The molecule has 1 saturated heterocycles. The third kappa shape index (κ3) is 3.36. The van der Waals surface area contributed by atoms with Gasteiger partial charge in [0.2, 0.25) is 5.95 Å². The maximum Gasteiger partial charge on any atom is 0.210 e. The molecule has 0 radical (unpaired) electrons. The van der Waals surface area contributed by atoms with E-state index >= 15 is 0 Å². The zero-order chi connectivity index (χ0) is 18.8. The quantitative estimate of drug-likeness (QED) is 0.589. The van der Waals surface area contributed by atoms with Crippen molar-refractivity contribution >= 4 is 23.7 Å². The molecule has 1 fully saturated rings. The third-order valence-electron chi connectivity index (χ3n) is 3.87. The zero-order valence-electron chi connectivity index (χ0n) is 13.7. The second kappa shape index (κ2) is 7.08. The molecule has 0 amide bonds. The van der Waals surface area contributed by atoms with Gasteiger partial charge in [0.05, 0.1) is 18.5 Å². The summed E-state index contributed by atoms with van der Waals surface area (Å²) < 4.78 is 48.1. The highest BCUT2D eigenvalue weighted by molar-refractivity contribution is 5.84. The molecule has 26 heavy (non-hydrogen) atoms. The number of aromatic nitrogens is 2. The molecule has 0 bridgehead atoms. The van der Waals surface area contributed by atoms with Crippen LogP contribution in [0.25, 0.3) is 0 Å². The molecule has 7 nitrogen and oxygen atoms in total. The Morgan fingerprint density at radius 1 is 1.38 bits per heavy atom. The lowest BCUT2D eigenvalue weighted by Crippen LogP contribution is -2.18. The van der Waals surface area contributed by atoms with Gasteiger partial charge in [-0.2, -0.15) is 0 Å². The number of imidazole rings is 1. The lowest BCUT2D eigenvalue weighted by Gasteiger charge is -2.19. The molecule has 3 rings (SSSR count). The van der Waals surface area contributed by atoms with Crippen molar-refractivity contribution in [3.63, 3.8) is 0 Å². The first-order chi connectivity index (χ1) is 12.4. The first-order valence-electron chi connectivity index (χ1n) is 7.74. The third-order valence-corrected chi connectivity index (χ3v) is 3.87. The highest BCUT2D eigenvalue weighted by atomic mass is 19.1. The van der Waals surface area contributed by atoms with Crippen molar-refractivity contribution < 1.29 is 17.9 Å². The number of hydrogen-bond donors (Lipinski definition) is 4. The number of rotatable bonds is 6. The number of anilines is 3. The van der Waals surface area contributed by atoms with Crippen molar-refractivity contribution in [1.29, 1.82) is 5.41 Å². The Morgan fingerprint density at radius 3 is 2.62 bits per heavy atom. The van der Waals surface area contributed by atoms with Crippen LogP contribution in [0.1, 0.15) is 18.2 Å². The molecule has 1 aliphatic rings. The van der Waals surface area contributed by atoms with Crippen molar-refractivity contribution in [3.05, 3.63) is 47.7 Å². The normalized spacial score (nSPS) is 16.5. The van der Waals surface area contributed by atoms with Crippen LogP contribution >= 0.6 is 0 Å². The predicted octanol–water partition coefficient (Wildman–Crippen LogP) is 2.84. The fraction of sp³-hybridized carbons (Fsp3) is 0.250. The van der Waals surface area contributed by atoms with Crippen LogP contribution in [0.15, 0.2) is 24.5 Å². The minimum Gasteiger partial charge on any atom is -0.386 e. The summed E-state index contributed by atoms with van der Waals surface area (Å²) >= 11 is 0. The monoisotopic (exact) mass is 366 g/mol. The minimum absolute atomic E-state index is 0.0622. The van der Waals surface area contributed by atoms with E-state index in [2.05, 4.69) is 22.2 Å². The standard InChI is InChI=1S/C16H17F3N6O/c1-8(21)22-15-13(6-20)23-16(25(15)10-2-3-26-7-10)24-14-11(18)4-9(17)5-12(14)19/h4-6,10,20,22H,1-3,7,21H2,(H,23,24)/t10-/m0/s1. The SMILES string of the molecule is C=C(N)Nc1c(C=N)nc(Nc2c(F)cc(F)cc2F)n1[C@H]1CCOC1. The van der Waals surface area contributed by atoms with Gasteiger partial charge >= 0.3 is 0 Å². The highest BCUT2D eigenvalue weighted by Crippen LogP contribution is 2.33. The van der Waals surface area contributed by atoms with Gasteiger partial charge in [0.15, 0.2) is 11.6 Å². The molecule has 0 unspecified atom stereocenters. The van der Waals surface area contributed by atoms with Crippen LogP contribution in [0.3, 0.4) is 0 Å². The Balaban J connectivity index is 2.10. The summed E-state index contributed by atoms with van der Waals surface area (Å²) in [6, 6.07) is 0.929. The van der Waals surface area contributed by atoms with Gasteiger partial charge in [0, 0.05) is 25.0 Å². The van der Waals surface area contributed by atoms with Crippen LogP contribution in [0.2, 0.25) is 0 Å². The Kier molecular flexibility index (Phi) is 4.85. The maximum absolute atomic E-state index is 14.0. The van der Waals surface area contributed by atoms with E-state index in [0.717, 1.165) is 6.21 Å². The van der Waals surface area contributed by atoms with Crippen LogP contribution in [0.4, 0.5) is 30.6 Å². The largest absolute Gasteiger partial charge is 0.386 e. The maximum atomic E-state index is 14.0. The second-order valence-electron chi connectivity index (χ2n) is 5.72. The van der Waals surface area contributed by atoms with Crippen molar-refractivity contribution in [3.8, 4) is 0 Å². The predicted molar refractivity (Wildman–Crippen MR) is 91.1 cm³/mol. The van der Waals surface area contributed by atoms with Crippen LogP contribution in [-0.2, 0) is 4.74 Å². The van der Waals surface area contributed by atoms with Gasteiger partial charge in [-0.3, -0.25) is 4.57 Å². The molecule has 138 valence electrons. The van der Waals surface area contributed by atoms with E-state index in [1.54, 1.807) is 4.57 Å².